The van der Waals surface area contributed by atoms with Crippen LogP contribution in [0, 0.1) is 17.4 Å². The molecule has 8 heteroatoms. The largest absolute Gasteiger partial charge is 0.325 e. The summed E-state index contributed by atoms with van der Waals surface area (Å²) >= 11 is 1.66. The zero-order valence-corrected chi connectivity index (χ0v) is 17.3. The van der Waals surface area contributed by atoms with Gasteiger partial charge in [-0.3, -0.25) is 20.1 Å². The molecule has 0 bridgehead atoms. The van der Waals surface area contributed by atoms with E-state index in [-0.39, 0.29) is 0 Å². The number of pyridine rings is 1. The predicted octanol–water partition coefficient (Wildman–Crippen LogP) is 4.23. The first-order chi connectivity index (χ1) is 13.9. The van der Waals surface area contributed by atoms with Crippen LogP contribution in [0.1, 0.15) is 57.8 Å². The SMILES string of the molecule is N#CNC(=NCCCCCCSNOCC1CCCCC1)Nc1ccncc1. The number of nitrogens with one attached hydrogen (secondary N) is 3. The lowest BCUT2D eigenvalue weighted by Crippen LogP contribution is -2.27. The van der Waals surface area contributed by atoms with Gasteiger partial charge in [-0.05, 0) is 43.7 Å². The van der Waals surface area contributed by atoms with Gasteiger partial charge in [0.05, 0.1) is 6.61 Å². The van der Waals surface area contributed by atoms with Gasteiger partial charge in [-0.25, -0.2) is 0 Å². The fraction of sp³-hybridized carbons (Fsp3) is 0.650. The van der Waals surface area contributed by atoms with Gasteiger partial charge in [-0.2, -0.15) is 5.26 Å². The first kappa shape index (κ1) is 22.5. The number of anilines is 1. The Labute approximate surface area is 172 Å². The summed E-state index contributed by atoms with van der Waals surface area (Å²) in [7, 11) is 0. The molecule has 1 aromatic heterocycles. The van der Waals surface area contributed by atoms with Crippen molar-refractivity contribution in [1.29, 1.82) is 5.26 Å². The molecule has 7 nitrogen and oxygen atoms in total. The Hall–Kier alpha value is -1.82. The highest BCUT2D eigenvalue weighted by molar-refractivity contribution is 7.97. The Kier molecular flexibility index (Phi) is 12.2. The molecular formula is C20H32N6OS. The standard InChI is InChI=1S/C20H32N6OS/c21-17-24-20(25-19-10-13-22-14-11-19)23-12-6-1-2-7-15-28-26-27-16-18-8-4-3-5-9-18/h10-11,13-14,18,26H,1-9,12,15-16H2,(H2,22,23,24,25). The van der Waals surface area contributed by atoms with Gasteiger partial charge in [0, 0.05) is 30.4 Å². The van der Waals surface area contributed by atoms with Crippen LogP contribution in [0.3, 0.4) is 0 Å². The fourth-order valence-electron chi connectivity index (χ4n) is 3.15. The van der Waals surface area contributed by atoms with Crippen LogP contribution in [-0.4, -0.2) is 29.8 Å². The Morgan fingerprint density at radius 2 is 1.96 bits per heavy atom. The second kappa shape index (κ2) is 15.1. The first-order valence-corrected chi connectivity index (χ1v) is 11.2. The van der Waals surface area contributed by atoms with Crippen molar-refractivity contribution in [2.75, 3.05) is 24.2 Å². The van der Waals surface area contributed by atoms with Gasteiger partial charge in [0.2, 0.25) is 5.96 Å². The molecule has 0 amide bonds. The molecule has 3 N–H and O–H groups in total. The van der Waals surface area contributed by atoms with Crippen LogP contribution >= 0.6 is 11.9 Å². The second-order valence-corrected chi connectivity index (χ2v) is 7.85. The highest BCUT2D eigenvalue weighted by Gasteiger charge is 2.13. The van der Waals surface area contributed by atoms with E-state index in [1.807, 2.05) is 18.3 Å². The van der Waals surface area contributed by atoms with E-state index in [1.165, 1.54) is 38.5 Å². The Balaban J connectivity index is 1.44. The Morgan fingerprint density at radius 1 is 1.18 bits per heavy atom. The van der Waals surface area contributed by atoms with Gasteiger partial charge in [-0.15, -0.1) is 4.89 Å². The van der Waals surface area contributed by atoms with Crippen LogP contribution in [0.25, 0.3) is 0 Å². The number of hydrogen-bond acceptors (Lipinski definition) is 6. The molecule has 0 radical (unpaired) electrons. The smallest absolute Gasteiger partial charge is 0.209 e. The molecule has 1 aliphatic rings. The molecule has 0 saturated heterocycles. The summed E-state index contributed by atoms with van der Waals surface area (Å²) in [5.74, 6) is 2.28. The molecule has 2 rings (SSSR count). The van der Waals surface area contributed by atoms with E-state index in [1.54, 1.807) is 24.3 Å². The molecule has 28 heavy (non-hydrogen) atoms. The van der Waals surface area contributed by atoms with Gasteiger partial charge in [0.25, 0.3) is 0 Å². The topological polar surface area (TPSA) is 94.4 Å². The van der Waals surface area contributed by atoms with Crippen LogP contribution in [0.4, 0.5) is 5.69 Å². The fourth-order valence-corrected chi connectivity index (χ4v) is 3.74. The number of guanidine groups is 1. The van der Waals surface area contributed by atoms with Crippen molar-refractivity contribution in [3.8, 4) is 6.19 Å². The van der Waals surface area contributed by atoms with Gasteiger partial charge < -0.3 is 5.32 Å². The number of nitriles is 1. The predicted molar refractivity (Wildman–Crippen MR) is 115 cm³/mol. The van der Waals surface area contributed by atoms with Crippen molar-refractivity contribution in [3.63, 3.8) is 0 Å². The maximum absolute atomic E-state index is 8.84. The lowest BCUT2D eigenvalue weighted by atomic mass is 9.90. The molecule has 1 heterocycles. The molecule has 1 fully saturated rings. The highest BCUT2D eigenvalue weighted by atomic mass is 32.2. The number of aliphatic imine (C=N–C) groups is 1. The maximum atomic E-state index is 8.84. The van der Waals surface area contributed by atoms with Crippen molar-refractivity contribution in [2.24, 2.45) is 10.9 Å². The van der Waals surface area contributed by atoms with E-state index >= 15 is 0 Å². The Bertz CT molecular complexity index is 586. The van der Waals surface area contributed by atoms with E-state index in [0.29, 0.717) is 12.5 Å². The molecule has 0 aliphatic heterocycles. The minimum atomic E-state index is 0.476. The molecule has 1 aliphatic carbocycles. The van der Waals surface area contributed by atoms with Crippen LogP contribution in [0.2, 0.25) is 0 Å². The van der Waals surface area contributed by atoms with Gasteiger partial charge in [0.15, 0.2) is 6.19 Å². The summed E-state index contributed by atoms with van der Waals surface area (Å²) in [5, 5.41) is 14.5. The summed E-state index contributed by atoms with van der Waals surface area (Å²) in [4.78, 5) is 17.0. The average molecular weight is 405 g/mol. The lowest BCUT2D eigenvalue weighted by molar-refractivity contribution is 0.0577. The van der Waals surface area contributed by atoms with Crippen molar-refractivity contribution in [2.45, 2.75) is 57.8 Å². The number of rotatable bonds is 12. The molecular weight excluding hydrogens is 372 g/mol. The monoisotopic (exact) mass is 404 g/mol. The first-order valence-electron chi connectivity index (χ1n) is 10.2. The quantitative estimate of drug-likeness (QED) is 0.0912. The van der Waals surface area contributed by atoms with Gasteiger partial charge in [0.1, 0.15) is 0 Å². The van der Waals surface area contributed by atoms with Crippen LogP contribution < -0.4 is 15.5 Å². The van der Waals surface area contributed by atoms with Crippen LogP contribution in [-0.2, 0) is 4.84 Å². The van der Waals surface area contributed by atoms with Crippen LogP contribution in [0.15, 0.2) is 29.5 Å². The van der Waals surface area contributed by atoms with Gasteiger partial charge in [-0.1, -0.05) is 44.1 Å². The average Bonchev–Trinajstić information content (AvgIpc) is 2.73. The molecule has 1 aromatic rings. The zero-order chi connectivity index (χ0) is 19.7. The van der Waals surface area contributed by atoms with E-state index in [0.717, 1.165) is 43.2 Å². The van der Waals surface area contributed by atoms with Crippen molar-refractivity contribution in [3.05, 3.63) is 24.5 Å². The van der Waals surface area contributed by atoms with E-state index in [2.05, 4.69) is 25.5 Å². The highest BCUT2D eigenvalue weighted by Crippen LogP contribution is 2.23. The van der Waals surface area contributed by atoms with Crippen molar-refractivity contribution >= 4 is 23.6 Å². The van der Waals surface area contributed by atoms with E-state index in [9.17, 15) is 0 Å². The molecule has 0 unspecified atom stereocenters. The van der Waals surface area contributed by atoms with Gasteiger partial charge >= 0.3 is 0 Å². The molecule has 0 aromatic carbocycles. The normalized spacial score (nSPS) is 15.2. The minimum Gasteiger partial charge on any atom is -0.325 e. The van der Waals surface area contributed by atoms with Crippen molar-refractivity contribution in [1.82, 2.24) is 15.2 Å². The van der Waals surface area contributed by atoms with E-state index in [4.69, 9.17) is 10.1 Å². The number of hydrogen-bond donors (Lipinski definition) is 3. The second-order valence-electron chi connectivity index (χ2n) is 6.99. The summed E-state index contributed by atoms with van der Waals surface area (Å²) in [6.07, 6.45) is 16.5. The lowest BCUT2D eigenvalue weighted by Gasteiger charge is -2.20. The third kappa shape index (κ3) is 10.5. The van der Waals surface area contributed by atoms with Crippen molar-refractivity contribution < 1.29 is 4.84 Å². The van der Waals surface area contributed by atoms with Crippen LogP contribution in [0.5, 0.6) is 0 Å². The zero-order valence-electron chi connectivity index (χ0n) is 16.5. The number of aromatic nitrogens is 1. The molecule has 1 saturated carbocycles. The summed E-state index contributed by atoms with van der Waals surface area (Å²) in [6.45, 7) is 1.54. The third-order valence-electron chi connectivity index (χ3n) is 4.70. The third-order valence-corrected chi connectivity index (χ3v) is 5.43. The summed E-state index contributed by atoms with van der Waals surface area (Å²) in [5.41, 5.74) is 0.853. The molecule has 0 atom stereocenters. The summed E-state index contributed by atoms with van der Waals surface area (Å²) in [6, 6.07) is 3.66. The molecule has 0 spiro atoms. The maximum Gasteiger partial charge on any atom is 0.209 e. The number of nitrogens with zero attached hydrogens (tertiary/aromatic N) is 3. The Morgan fingerprint density at radius 3 is 2.75 bits per heavy atom. The summed E-state index contributed by atoms with van der Waals surface area (Å²) < 4.78 is 0. The van der Waals surface area contributed by atoms with E-state index < -0.39 is 0 Å². The number of unbranched alkanes of at least 4 members (excludes halogenated alkanes) is 3. The molecule has 154 valence electrons. The minimum absolute atomic E-state index is 0.476.